The first-order valence-corrected chi connectivity index (χ1v) is 9.52. The summed E-state index contributed by atoms with van der Waals surface area (Å²) in [5, 5.41) is 3.89. The van der Waals surface area contributed by atoms with Gasteiger partial charge in [0.15, 0.2) is 11.5 Å². The molecule has 2 atom stereocenters. The summed E-state index contributed by atoms with van der Waals surface area (Å²) in [5.74, 6) is 2.44. The maximum Gasteiger partial charge on any atom is 0.254 e. The number of halogens is 1. The Kier molecular flexibility index (Phi) is 6.07. The molecule has 0 aromatic heterocycles. The topological polar surface area (TPSA) is 50.8 Å². The van der Waals surface area contributed by atoms with Crippen molar-refractivity contribution in [1.82, 2.24) is 10.2 Å². The van der Waals surface area contributed by atoms with Gasteiger partial charge >= 0.3 is 0 Å². The highest BCUT2D eigenvalue weighted by atomic mass is 35.5. The fraction of sp³-hybridized carbons (Fsp3) is 0.632. The first kappa shape index (κ1) is 18.3. The van der Waals surface area contributed by atoms with Crippen LogP contribution >= 0.6 is 11.6 Å². The van der Waals surface area contributed by atoms with Crippen molar-refractivity contribution in [2.24, 2.45) is 11.8 Å². The molecular formula is C19H27ClN2O3. The van der Waals surface area contributed by atoms with Gasteiger partial charge in [0.25, 0.3) is 5.91 Å². The number of ether oxygens (including phenoxy) is 2. The Hall–Kier alpha value is -1.46. The first-order chi connectivity index (χ1) is 12.1. The molecule has 1 aromatic carbocycles. The van der Waals surface area contributed by atoms with Crippen LogP contribution in [0, 0.1) is 11.8 Å². The van der Waals surface area contributed by atoms with E-state index in [-0.39, 0.29) is 5.91 Å². The molecule has 0 unspecified atom stereocenters. The lowest BCUT2D eigenvalue weighted by molar-refractivity contribution is 0.0758. The molecule has 2 fully saturated rings. The van der Waals surface area contributed by atoms with Crippen molar-refractivity contribution >= 4 is 17.5 Å². The number of hydrogen-bond acceptors (Lipinski definition) is 4. The average molecular weight is 367 g/mol. The summed E-state index contributed by atoms with van der Waals surface area (Å²) in [6, 6.07) is 3.44. The van der Waals surface area contributed by atoms with E-state index < -0.39 is 0 Å². The van der Waals surface area contributed by atoms with Crippen LogP contribution in [0.5, 0.6) is 11.5 Å². The molecule has 0 radical (unpaired) electrons. The molecule has 1 N–H and O–H groups in total. The predicted molar refractivity (Wildman–Crippen MR) is 98.8 cm³/mol. The van der Waals surface area contributed by atoms with Crippen LogP contribution in [0.1, 0.15) is 36.5 Å². The number of benzene rings is 1. The van der Waals surface area contributed by atoms with E-state index >= 15 is 0 Å². The van der Waals surface area contributed by atoms with Crippen molar-refractivity contribution in [1.29, 1.82) is 0 Å². The molecule has 1 amide bonds. The van der Waals surface area contributed by atoms with Crippen molar-refractivity contribution < 1.29 is 14.3 Å². The van der Waals surface area contributed by atoms with Gasteiger partial charge in [-0.2, -0.15) is 0 Å². The smallest absolute Gasteiger partial charge is 0.254 e. The maximum atomic E-state index is 13.0. The summed E-state index contributed by atoms with van der Waals surface area (Å²) in [7, 11) is 1.57. The minimum Gasteiger partial charge on any atom is -0.493 e. The van der Waals surface area contributed by atoms with Crippen molar-refractivity contribution in [2.75, 3.05) is 39.9 Å². The molecule has 5 nitrogen and oxygen atoms in total. The summed E-state index contributed by atoms with van der Waals surface area (Å²) in [4.78, 5) is 14.9. The zero-order chi connectivity index (χ0) is 17.8. The zero-order valence-electron chi connectivity index (χ0n) is 15.0. The molecule has 2 saturated heterocycles. The van der Waals surface area contributed by atoms with Gasteiger partial charge in [0.2, 0.25) is 0 Å². The number of nitrogens with one attached hydrogen (secondary N) is 1. The summed E-state index contributed by atoms with van der Waals surface area (Å²) in [6.07, 6.45) is 3.00. The third-order valence-electron chi connectivity index (χ3n) is 5.23. The molecule has 3 rings (SSSR count). The SMILES string of the molecule is CCCOc1c(Cl)cc(C(=O)N2CC[C@@H]3CNC[C@@H]3CC2)cc1OC. The lowest BCUT2D eigenvalue weighted by Gasteiger charge is -2.22. The first-order valence-electron chi connectivity index (χ1n) is 9.14. The van der Waals surface area contributed by atoms with Gasteiger partial charge in [-0.15, -0.1) is 0 Å². The molecule has 0 saturated carbocycles. The monoisotopic (exact) mass is 366 g/mol. The van der Waals surface area contributed by atoms with Gasteiger partial charge in [0.05, 0.1) is 18.7 Å². The minimum atomic E-state index is 0.0233. The second-order valence-corrected chi connectivity index (χ2v) is 7.29. The van der Waals surface area contributed by atoms with Gasteiger partial charge in [0.1, 0.15) is 0 Å². The molecule has 0 spiro atoms. The van der Waals surface area contributed by atoms with E-state index in [1.54, 1.807) is 19.2 Å². The number of methoxy groups -OCH3 is 1. The van der Waals surface area contributed by atoms with Gasteiger partial charge < -0.3 is 19.7 Å². The van der Waals surface area contributed by atoms with Crippen LogP contribution in [0.4, 0.5) is 0 Å². The summed E-state index contributed by atoms with van der Waals surface area (Å²) in [5.41, 5.74) is 0.566. The minimum absolute atomic E-state index is 0.0233. The lowest BCUT2D eigenvalue weighted by atomic mass is 9.92. The van der Waals surface area contributed by atoms with E-state index in [4.69, 9.17) is 21.1 Å². The number of nitrogens with zero attached hydrogens (tertiary/aromatic N) is 1. The number of fused-ring (bicyclic) bond motifs is 1. The van der Waals surface area contributed by atoms with Gasteiger partial charge in [-0.3, -0.25) is 4.79 Å². The fourth-order valence-electron chi connectivity index (χ4n) is 3.79. The zero-order valence-corrected chi connectivity index (χ0v) is 15.8. The third kappa shape index (κ3) is 4.04. The Labute approximate surface area is 154 Å². The van der Waals surface area contributed by atoms with Crippen LogP contribution in [0.2, 0.25) is 5.02 Å². The maximum absolute atomic E-state index is 13.0. The number of rotatable bonds is 5. The second kappa shape index (κ2) is 8.28. The van der Waals surface area contributed by atoms with Crippen molar-refractivity contribution in [3.63, 3.8) is 0 Å². The Balaban J connectivity index is 1.76. The molecule has 6 heteroatoms. The molecule has 1 aromatic rings. The predicted octanol–water partition coefficient (Wildman–Crippen LogP) is 3.21. The fourth-order valence-corrected chi connectivity index (χ4v) is 4.06. The van der Waals surface area contributed by atoms with Crippen LogP contribution in [-0.2, 0) is 0 Å². The van der Waals surface area contributed by atoms with E-state index in [1.165, 1.54) is 0 Å². The van der Waals surface area contributed by atoms with Gasteiger partial charge in [-0.05, 0) is 56.3 Å². The van der Waals surface area contributed by atoms with Crippen LogP contribution in [0.3, 0.4) is 0 Å². The molecule has 2 aliphatic rings. The van der Waals surface area contributed by atoms with Gasteiger partial charge in [0, 0.05) is 18.7 Å². The number of likely N-dealkylation sites (tertiary alicyclic amines) is 1. The Morgan fingerprint density at radius 2 is 1.96 bits per heavy atom. The number of carbonyl (C=O) groups excluding carboxylic acids is 1. The van der Waals surface area contributed by atoms with E-state index in [2.05, 4.69) is 5.32 Å². The quantitative estimate of drug-likeness (QED) is 0.869. The molecule has 2 heterocycles. The van der Waals surface area contributed by atoms with Gasteiger partial charge in [-0.25, -0.2) is 0 Å². The summed E-state index contributed by atoms with van der Waals surface area (Å²) >= 11 is 6.36. The van der Waals surface area contributed by atoms with E-state index in [0.717, 1.165) is 45.4 Å². The Bertz CT molecular complexity index is 609. The summed E-state index contributed by atoms with van der Waals surface area (Å²) < 4.78 is 11.1. The van der Waals surface area contributed by atoms with Crippen LogP contribution in [-0.4, -0.2) is 50.7 Å². The molecule has 138 valence electrons. The number of amides is 1. The van der Waals surface area contributed by atoms with Gasteiger partial charge in [-0.1, -0.05) is 18.5 Å². The van der Waals surface area contributed by atoms with Crippen LogP contribution in [0.15, 0.2) is 12.1 Å². The highest BCUT2D eigenvalue weighted by molar-refractivity contribution is 6.32. The Morgan fingerprint density at radius 1 is 1.28 bits per heavy atom. The second-order valence-electron chi connectivity index (χ2n) is 6.89. The molecule has 0 bridgehead atoms. The van der Waals surface area contributed by atoms with Crippen LogP contribution in [0.25, 0.3) is 0 Å². The largest absolute Gasteiger partial charge is 0.493 e. The molecule has 2 aliphatic heterocycles. The average Bonchev–Trinajstić information content (AvgIpc) is 2.98. The van der Waals surface area contributed by atoms with Crippen molar-refractivity contribution in [3.8, 4) is 11.5 Å². The van der Waals surface area contributed by atoms with E-state index in [1.807, 2.05) is 11.8 Å². The molecule has 0 aliphatic carbocycles. The molecular weight excluding hydrogens is 340 g/mol. The standard InChI is InChI=1S/C19H27ClN2O3/c1-3-8-25-18-16(20)9-15(10-17(18)24-2)19(23)22-6-4-13-11-21-12-14(13)5-7-22/h9-10,13-14,21H,3-8,11-12H2,1-2H3/t13-,14+. The van der Waals surface area contributed by atoms with E-state index in [9.17, 15) is 4.79 Å². The lowest BCUT2D eigenvalue weighted by Crippen LogP contribution is -2.32. The molecule has 25 heavy (non-hydrogen) atoms. The van der Waals surface area contributed by atoms with Crippen molar-refractivity contribution in [2.45, 2.75) is 26.2 Å². The van der Waals surface area contributed by atoms with Crippen molar-refractivity contribution in [3.05, 3.63) is 22.7 Å². The normalized spacial score (nSPS) is 23.1. The van der Waals surface area contributed by atoms with Crippen LogP contribution < -0.4 is 14.8 Å². The third-order valence-corrected chi connectivity index (χ3v) is 5.51. The summed E-state index contributed by atoms with van der Waals surface area (Å²) in [6.45, 7) is 6.35. The number of hydrogen-bond donors (Lipinski definition) is 1. The van der Waals surface area contributed by atoms with E-state index in [0.29, 0.717) is 40.5 Å². The highest BCUT2D eigenvalue weighted by Crippen LogP contribution is 2.37. The highest BCUT2D eigenvalue weighted by Gasteiger charge is 2.32. The Morgan fingerprint density at radius 3 is 2.56 bits per heavy atom. The number of carbonyl (C=O) groups is 1.